The van der Waals surface area contributed by atoms with Crippen LogP contribution in [0.5, 0.6) is 0 Å². The number of likely N-dealkylation sites (tertiary alicyclic amines) is 1. The number of benzene rings is 2. The Morgan fingerprint density at radius 3 is 2.57 bits per heavy atom. The van der Waals surface area contributed by atoms with Gasteiger partial charge in [-0.25, -0.2) is 4.79 Å². The molecule has 1 fully saturated rings. The fraction of sp³-hybridized carbons (Fsp3) is 0.286. The summed E-state index contributed by atoms with van der Waals surface area (Å²) in [5.74, 6) is -0.873. The van der Waals surface area contributed by atoms with Crippen LogP contribution in [0, 0.1) is 6.92 Å². The largest absolute Gasteiger partial charge is 0.452 e. The highest BCUT2D eigenvalue weighted by atomic mass is 35.5. The van der Waals surface area contributed by atoms with Gasteiger partial charge in [-0.3, -0.25) is 9.59 Å². The molecule has 2 aromatic rings. The van der Waals surface area contributed by atoms with Gasteiger partial charge in [0.05, 0.1) is 5.56 Å². The maximum atomic E-state index is 12.1. The number of ether oxygens (including phenoxy) is 1. The summed E-state index contributed by atoms with van der Waals surface area (Å²) in [5.41, 5.74) is 2.74. The van der Waals surface area contributed by atoms with E-state index in [2.05, 4.69) is 5.32 Å². The molecule has 3 rings (SSSR count). The lowest BCUT2D eigenvalue weighted by atomic mass is 10.1. The van der Waals surface area contributed by atoms with Gasteiger partial charge in [0.25, 0.3) is 5.91 Å². The zero-order chi connectivity index (χ0) is 20.1. The van der Waals surface area contributed by atoms with Gasteiger partial charge < -0.3 is 15.0 Å². The molecule has 1 aliphatic heterocycles. The number of rotatable bonds is 6. The second kappa shape index (κ2) is 8.89. The Bertz CT molecular complexity index is 896. The van der Waals surface area contributed by atoms with Gasteiger partial charge >= 0.3 is 5.97 Å². The Kier molecular flexibility index (Phi) is 6.31. The summed E-state index contributed by atoms with van der Waals surface area (Å²) in [6.07, 6.45) is 1.49. The summed E-state index contributed by atoms with van der Waals surface area (Å²) < 4.78 is 5.06. The third-order valence-corrected chi connectivity index (χ3v) is 4.93. The molecular weight excluding hydrogens is 380 g/mol. The molecule has 6 nitrogen and oxygen atoms in total. The molecule has 28 heavy (non-hydrogen) atoms. The van der Waals surface area contributed by atoms with E-state index in [1.807, 2.05) is 6.92 Å². The van der Waals surface area contributed by atoms with E-state index < -0.39 is 18.5 Å². The molecular formula is C21H21ClN2O4. The molecule has 0 radical (unpaired) electrons. The normalized spacial score (nSPS) is 13.5. The number of anilines is 1. The predicted octanol–water partition coefficient (Wildman–Crippen LogP) is 3.57. The Morgan fingerprint density at radius 1 is 1.18 bits per heavy atom. The standard InChI is InChI=1S/C21H21ClN2O4/c1-14-4-9-17(11-18(14)22)23-19(25)13-28-21(27)16-7-5-15(6-8-16)12-24-10-2-3-20(24)26/h4-9,11H,2-3,10,12-13H2,1H3,(H,23,25). The van der Waals surface area contributed by atoms with E-state index in [-0.39, 0.29) is 5.91 Å². The van der Waals surface area contributed by atoms with Crippen molar-refractivity contribution in [3.8, 4) is 0 Å². The lowest BCUT2D eigenvalue weighted by Crippen LogP contribution is -2.23. The van der Waals surface area contributed by atoms with Crippen LogP contribution in [0.25, 0.3) is 0 Å². The van der Waals surface area contributed by atoms with Crippen molar-refractivity contribution in [3.05, 3.63) is 64.2 Å². The molecule has 0 bridgehead atoms. The molecule has 2 amide bonds. The van der Waals surface area contributed by atoms with Gasteiger partial charge in [0, 0.05) is 30.2 Å². The SMILES string of the molecule is Cc1ccc(NC(=O)COC(=O)c2ccc(CN3CCCC3=O)cc2)cc1Cl. The summed E-state index contributed by atoms with van der Waals surface area (Å²) in [7, 11) is 0. The smallest absolute Gasteiger partial charge is 0.338 e. The summed E-state index contributed by atoms with van der Waals surface area (Å²) in [5, 5.41) is 3.18. The molecule has 0 unspecified atom stereocenters. The molecule has 1 saturated heterocycles. The van der Waals surface area contributed by atoms with Crippen LogP contribution in [0.1, 0.15) is 34.3 Å². The first-order valence-corrected chi connectivity index (χ1v) is 9.40. The van der Waals surface area contributed by atoms with Crippen LogP contribution in [-0.4, -0.2) is 35.8 Å². The molecule has 2 aromatic carbocycles. The van der Waals surface area contributed by atoms with Crippen molar-refractivity contribution in [2.75, 3.05) is 18.5 Å². The fourth-order valence-electron chi connectivity index (χ4n) is 2.92. The molecule has 1 N–H and O–H groups in total. The first kappa shape index (κ1) is 19.9. The average Bonchev–Trinajstić information content (AvgIpc) is 3.08. The Hall–Kier alpha value is -2.86. The first-order chi connectivity index (χ1) is 13.4. The molecule has 1 heterocycles. The third-order valence-electron chi connectivity index (χ3n) is 4.52. The first-order valence-electron chi connectivity index (χ1n) is 9.02. The van der Waals surface area contributed by atoms with Crippen LogP contribution >= 0.6 is 11.6 Å². The summed E-state index contributed by atoms with van der Waals surface area (Å²) in [4.78, 5) is 37.6. The maximum Gasteiger partial charge on any atom is 0.338 e. The quantitative estimate of drug-likeness (QED) is 0.752. The van der Waals surface area contributed by atoms with Crippen molar-refractivity contribution in [1.82, 2.24) is 4.90 Å². The van der Waals surface area contributed by atoms with Crippen LogP contribution in [0.4, 0.5) is 5.69 Å². The zero-order valence-corrected chi connectivity index (χ0v) is 16.3. The Balaban J connectivity index is 1.49. The average molecular weight is 401 g/mol. The number of hydrogen-bond donors (Lipinski definition) is 1. The Morgan fingerprint density at radius 2 is 1.93 bits per heavy atom. The van der Waals surface area contributed by atoms with Crippen molar-refractivity contribution in [3.63, 3.8) is 0 Å². The minimum absolute atomic E-state index is 0.157. The van der Waals surface area contributed by atoms with E-state index in [1.165, 1.54) is 0 Å². The number of carbonyl (C=O) groups is 3. The lowest BCUT2D eigenvalue weighted by molar-refractivity contribution is -0.128. The minimum atomic E-state index is -0.583. The van der Waals surface area contributed by atoms with Gasteiger partial charge in [0.15, 0.2) is 6.61 Å². The highest BCUT2D eigenvalue weighted by Crippen LogP contribution is 2.20. The van der Waals surface area contributed by atoms with Crippen LogP contribution < -0.4 is 5.32 Å². The van der Waals surface area contributed by atoms with E-state index in [1.54, 1.807) is 47.4 Å². The number of carbonyl (C=O) groups excluding carboxylic acids is 3. The molecule has 0 aliphatic carbocycles. The highest BCUT2D eigenvalue weighted by molar-refractivity contribution is 6.31. The molecule has 0 saturated carbocycles. The van der Waals surface area contributed by atoms with Gasteiger partial charge in [-0.15, -0.1) is 0 Å². The number of nitrogens with zero attached hydrogens (tertiary/aromatic N) is 1. The van der Waals surface area contributed by atoms with E-state index in [9.17, 15) is 14.4 Å². The topological polar surface area (TPSA) is 75.7 Å². The van der Waals surface area contributed by atoms with E-state index in [4.69, 9.17) is 16.3 Å². The minimum Gasteiger partial charge on any atom is -0.452 e. The van der Waals surface area contributed by atoms with Gasteiger partial charge in [-0.2, -0.15) is 0 Å². The van der Waals surface area contributed by atoms with Crippen LogP contribution in [0.2, 0.25) is 5.02 Å². The van der Waals surface area contributed by atoms with Crippen molar-refractivity contribution < 1.29 is 19.1 Å². The van der Waals surface area contributed by atoms with Crippen LogP contribution in [0.15, 0.2) is 42.5 Å². The molecule has 0 aromatic heterocycles. The van der Waals surface area contributed by atoms with Crippen LogP contribution in [-0.2, 0) is 20.9 Å². The van der Waals surface area contributed by atoms with Gasteiger partial charge in [0.1, 0.15) is 0 Å². The fourth-order valence-corrected chi connectivity index (χ4v) is 3.10. The molecule has 1 aliphatic rings. The number of halogens is 1. The van der Waals surface area contributed by atoms with Gasteiger partial charge in [0.2, 0.25) is 5.91 Å². The second-order valence-electron chi connectivity index (χ2n) is 6.70. The molecule has 7 heteroatoms. The summed E-state index contributed by atoms with van der Waals surface area (Å²) in [6.45, 7) is 2.78. The number of hydrogen-bond acceptors (Lipinski definition) is 4. The number of nitrogens with one attached hydrogen (secondary N) is 1. The number of esters is 1. The number of amides is 2. The molecule has 0 atom stereocenters. The van der Waals surface area contributed by atoms with Crippen molar-refractivity contribution in [2.45, 2.75) is 26.3 Å². The third kappa shape index (κ3) is 5.10. The van der Waals surface area contributed by atoms with Crippen molar-refractivity contribution in [1.29, 1.82) is 0 Å². The van der Waals surface area contributed by atoms with Crippen molar-refractivity contribution in [2.24, 2.45) is 0 Å². The maximum absolute atomic E-state index is 12.1. The summed E-state index contributed by atoms with van der Waals surface area (Å²) in [6, 6.07) is 12.0. The molecule has 146 valence electrons. The zero-order valence-electron chi connectivity index (χ0n) is 15.5. The Labute approximate surface area is 168 Å². The highest BCUT2D eigenvalue weighted by Gasteiger charge is 2.20. The lowest BCUT2D eigenvalue weighted by Gasteiger charge is -2.15. The van der Waals surface area contributed by atoms with E-state index in [0.717, 1.165) is 24.1 Å². The van der Waals surface area contributed by atoms with Gasteiger partial charge in [-0.1, -0.05) is 29.8 Å². The molecule has 0 spiro atoms. The summed E-state index contributed by atoms with van der Waals surface area (Å²) >= 11 is 6.02. The van der Waals surface area contributed by atoms with E-state index >= 15 is 0 Å². The monoisotopic (exact) mass is 400 g/mol. The van der Waals surface area contributed by atoms with Crippen LogP contribution in [0.3, 0.4) is 0 Å². The number of aryl methyl sites for hydroxylation is 1. The van der Waals surface area contributed by atoms with Crippen molar-refractivity contribution >= 4 is 35.1 Å². The predicted molar refractivity (Wildman–Crippen MR) is 106 cm³/mol. The second-order valence-corrected chi connectivity index (χ2v) is 7.11. The van der Waals surface area contributed by atoms with Gasteiger partial charge in [-0.05, 0) is 48.7 Å². The van der Waals surface area contributed by atoms with E-state index in [0.29, 0.717) is 29.2 Å².